The number of H-pyrrole nitrogens is 2. The second kappa shape index (κ2) is 8.72. The van der Waals surface area contributed by atoms with Crippen LogP contribution in [0, 0.1) is 12.7 Å². The molecule has 6 nitrogen and oxygen atoms in total. The van der Waals surface area contributed by atoms with Crippen molar-refractivity contribution in [1.29, 1.82) is 0 Å². The molecular formula is C20H21FN2O4S. The maximum absolute atomic E-state index is 13.4. The fourth-order valence-corrected chi connectivity index (χ4v) is 4.37. The van der Waals surface area contributed by atoms with Gasteiger partial charge in [-0.1, -0.05) is 12.1 Å². The van der Waals surface area contributed by atoms with E-state index in [2.05, 4.69) is 9.97 Å². The first-order chi connectivity index (χ1) is 13.4. The maximum Gasteiger partial charge on any atom is 0.326 e. The Hall–Kier alpha value is -2.42. The minimum atomic E-state index is -0.600. The van der Waals surface area contributed by atoms with E-state index in [9.17, 15) is 19.1 Å². The van der Waals surface area contributed by atoms with Crippen LogP contribution in [0.1, 0.15) is 12.5 Å². The first kappa shape index (κ1) is 20.3. The molecule has 0 unspecified atom stereocenters. The Bertz CT molecular complexity index is 1090. The zero-order valence-electron chi connectivity index (χ0n) is 15.5. The summed E-state index contributed by atoms with van der Waals surface area (Å²) in [5, 5.41) is 9.88. The molecule has 3 rings (SSSR count). The van der Waals surface area contributed by atoms with Gasteiger partial charge in [0.2, 0.25) is 0 Å². The summed E-state index contributed by atoms with van der Waals surface area (Å²) >= 11 is 1.38. The molecular weight excluding hydrogens is 383 g/mol. The number of aromatic nitrogens is 2. The molecule has 3 aromatic rings. The quantitative estimate of drug-likeness (QED) is 0.527. The highest BCUT2D eigenvalue weighted by atomic mass is 32.2. The molecule has 0 radical (unpaired) electrons. The first-order valence-corrected chi connectivity index (χ1v) is 9.84. The van der Waals surface area contributed by atoms with Crippen molar-refractivity contribution in [2.24, 2.45) is 0 Å². The number of thioether (sulfide) groups is 1. The van der Waals surface area contributed by atoms with Gasteiger partial charge in [-0.15, -0.1) is 11.8 Å². The number of aliphatic hydroxyl groups excluding tert-OH is 1. The molecule has 1 aromatic heterocycles. The van der Waals surface area contributed by atoms with Gasteiger partial charge in [0.15, 0.2) is 0 Å². The fraction of sp³-hybridized carbons (Fsp3) is 0.300. The third-order valence-corrected chi connectivity index (χ3v) is 5.58. The minimum absolute atomic E-state index is 0.145. The average Bonchev–Trinajstić information content (AvgIpc) is 2.66. The van der Waals surface area contributed by atoms with E-state index in [0.717, 1.165) is 16.7 Å². The third kappa shape index (κ3) is 4.19. The van der Waals surface area contributed by atoms with Crippen molar-refractivity contribution in [3.05, 3.63) is 62.6 Å². The predicted molar refractivity (Wildman–Crippen MR) is 109 cm³/mol. The Labute approximate surface area is 164 Å². The summed E-state index contributed by atoms with van der Waals surface area (Å²) in [6.07, 6.45) is -0.389. The van der Waals surface area contributed by atoms with Gasteiger partial charge < -0.3 is 14.8 Å². The predicted octanol–water partition coefficient (Wildman–Crippen LogP) is 2.82. The van der Waals surface area contributed by atoms with Crippen LogP contribution in [-0.4, -0.2) is 40.1 Å². The lowest BCUT2D eigenvalue weighted by atomic mass is 9.98. The van der Waals surface area contributed by atoms with Crippen LogP contribution >= 0.6 is 11.8 Å². The molecule has 8 heteroatoms. The molecule has 0 saturated carbocycles. The molecule has 0 fully saturated rings. The van der Waals surface area contributed by atoms with Gasteiger partial charge in [-0.25, -0.2) is 9.18 Å². The molecule has 0 aliphatic heterocycles. The second-order valence-corrected chi connectivity index (χ2v) is 7.34. The Morgan fingerprint density at radius 2 is 1.93 bits per heavy atom. The number of rotatable bonds is 7. The number of hydrogen-bond acceptors (Lipinski definition) is 5. The van der Waals surface area contributed by atoms with Crippen LogP contribution in [-0.2, 0) is 4.74 Å². The lowest BCUT2D eigenvalue weighted by Crippen LogP contribution is -2.23. The van der Waals surface area contributed by atoms with Crippen molar-refractivity contribution in [2.45, 2.75) is 24.8 Å². The molecule has 1 atom stereocenters. The van der Waals surface area contributed by atoms with E-state index < -0.39 is 11.2 Å². The SMILES string of the molecule is CCO[C@@H](CO)CSc1c(-c2ccc(F)cc2)c(C)cc2c(=O)[nH]c(=O)[nH]c12. The highest BCUT2D eigenvalue weighted by Gasteiger charge is 2.18. The topological polar surface area (TPSA) is 95.2 Å². The van der Waals surface area contributed by atoms with Crippen molar-refractivity contribution < 1.29 is 14.2 Å². The first-order valence-electron chi connectivity index (χ1n) is 8.85. The van der Waals surface area contributed by atoms with Crippen LogP contribution in [0.5, 0.6) is 0 Å². The number of hydrogen-bond donors (Lipinski definition) is 3. The molecule has 28 heavy (non-hydrogen) atoms. The van der Waals surface area contributed by atoms with Crippen LogP contribution in [0.25, 0.3) is 22.0 Å². The molecule has 0 bridgehead atoms. The van der Waals surface area contributed by atoms with E-state index in [0.29, 0.717) is 28.2 Å². The molecule has 0 amide bonds. The van der Waals surface area contributed by atoms with Crippen molar-refractivity contribution in [3.8, 4) is 11.1 Å². The Morgan fingerprint density at radius 1 is 1.21 bits per heavy atom. The van der Waals surface area contributed by atoms with E-state index >= 15 is 0 Å². The maximum atomic E-state index is 13.4. The van der Waals surface area contributed by atoms with E-state index in [-0.39, 0.29) is 18.5 Å². The monoisotopic (exact) mass is 404 g/mol. The molecule has 3 N–H and O–H groups in total. The molecule has 0 aliphatic rings. The van der Waals surface area contributed by atoms with Crippen LogP contribution in [0.3, 0.4) is 0 Å². The Kier molecular flexibility index (Phi) is 6.33. The molecule has 148 valence electrons. The summed E-state index contributed by atoms with van der Waals surface area (Å²) in [6, 6.07) is 7.75. The number of ether oxygens (including phenoxy) is 1. The number of fused-ring (bicyclic) bond motifs is 1. The van der Waals surface area contributed by atoms with Gasteiger partial charge in [0, 0.05) is 22.8 Å². The standard InChI is InChI=1S/C20H21FN2O4S/c1-3-27-14(9-24)10-28-18-16(12-4-6-13(21)7-5-12)11(2)8-15-17(18)22-20(26)23-19(15)25/h4-8,14,24H,3,9-10H2,1-2H3,(H2,22,23,25,26)/t14-/m0/s1. The number of aliphatic hydroxyl groups is 1. The van der Waals surface area contributed by atoms with E-state index in [1.807, 2.05) is 13.8 Å². The number of benzene rings is 2. The number of aromatic amines is 2. The summed E-state index contributed by atoms with van der Waals surface area (Å²) in [7, 11) is 0. The van der Waals surface area contributed by atoms with E-state index in [1.165, 1.54) is 23.9 Å². The highest BCUT2D eigenvalue weighted by Crippen LogP contribution is 2.38. The Morgan fingerprint density at radius 3 is 2.57 bits per heavy atom. The van der Waals surface area contributed by atoms with Crippen molar-refractivity contribution in [3.63, 3.8) is 0 Å². The summed E-state index contributed by atoms with van der Waals surface area (Å²) in [5.41, 5.74) is 1.72. The van der Waals surface area contributed by atoms with E-state index in [1.54, 1.807) is 18.2 Å². The van der Waals surface area contributed by atoms with Gasteiger partial charge in [0.05, 0.1) is 23.6 Å². The van der Waals surface area contributed by atoms with Gasteiger partial charge in [-0.2, -0.15) is 0 Å². The lowest BCUT2D eigenvalue weighted by molar-refractivity contribution is 0.0356. The normalized spacial score (nSPS) is 12.4. The Balaban J connectivity index is 2.22. The summed E-state index contributed by atoms with van der Waals surface area (Å²) < 4.78 is 18.9. The zero-order valence-corrected chi connectivity index (χ0v) is 16.4. The summed E-state index contributed by atoms with van der Waals surface area (Å²) in [6.45, 7) is 4.02. The molecule has 0 spiro atoms. The number of aryl methyl sites for hydroxylation is 1. The minimum Gasteiger partial charge on any atom is -0.394 e. The smallest absolute Gasteiger partial charge is 0.326 e. The van der Waals surface area contributed by atoms with Crippen LogP contribution in [0.2, 0.25) is 0 Å². The van der Waals surface area contributed by atoms with Gasteiger partial charge in [0.1, 0.15) is 5.82 Å². The van der Waals surface area contributed by atoms with Gasteiger partial charge in [0.25, 0.3) is 5.56 Å². The van der Waals surface area contributed by atoms with Crippen LogP contribution < -0.4 is 11.2 Å². The van der Waals surface area contributed by atoms with Crippen LogP contribution in [0.15, 0.2) is 44.8 Å². The third-order valence-electron chi connectivity index (χ3n) is 4.34. The lowest BCUT2D eigenvalue weighted by Gasteiger charge is -2.18. The van der Waals surface area contributed by atoms with Crippen molar-refractivity contribution in [1.82, 2.24) is 9.97 Å². The van der Waals surface area contributed by atoms with Crippen molar-refractivity contribution in [2.75, 3.05) is 19.0 Å². The number of nitrogens with one attached hydrogen (secondary N) is 2. The summed E-state index contributed by atoms with van der Waals surface area (Å²) in [5.74, 6) is 0.0734. The highest BCUT2D eigenvalue weighted by molar-refractivity contribution is 7.99. The number of halogens is 1. The van der Waals surface area contributed by atoms with Gasteiger partial charge >= 0.3 is 5.69 Å². The molecule has 0 aliphatic carbocycles. The fourth-order valence-electron chi connectivity index (χ4n) is 3.09. The average molecular weight is 404 g/mol. The zero-order chi connectivity index (χ0) is 20.3. The molecule has 1 heterocycles. The molecule has 0 saturated heterocycles. The molecule has 2 aromatic carbocycles. The van der Waals surface area contributed by atoms with Gasteiger partial charge in [-0.05, 0) is 43.2 Å². The summed E-state index contributed by atoms with van der Waals surface area (Å²) in [4.78, 5) is 29.8. The van der Waals surface area contributed by atoms with E-state index in [4.69, 9.17) is 4.74 Å². The van der Waals surface area contributed by atoms with Gasteiger partial charge in [-0.3, -0.25) is 9.78 Å². The second-order valence-electron chi connectivity index (χ2n) is 6.31. The van der Waals surface area contributed by atoms with Crippen molar-refractivity contribution >= 4 is 22.7 Å². The van der Waals surface area contributed by atoms with Crippen LogP contribution in [0.4, 0.5) is 4.39 Å². The largest absolute Gasteiger partial charge is 0.394 e.